The number of hydrogen-bond acceptors (Lipinski definition) is 2. The fourth-order valence-electron chi connectivity index (χ4n) is 1.55. The first-order chi connectivity index (χ1) is 7.81. The number of benzene rings is 1. The number of pyridine rings is 1. The summed E-state index contributed by atoms with van der Waals surface area (Å²) in [4.78, 5) is 4.25. The number of hydrogen-bond donors (Lipinski definition) is 1. The summed E-state index contributed by atoms with van der Waals surface area (Å²) >= 11 is 5.90. The van der Waals surface area contributed by atoms with Crippen molar-refractivity contribution in [2.24, 2.45) is 0 Å². The third kappa shape index (κ3) is 2.33. The van der Waals surface area contributed by atoms with Gasteiger partial charge in [-0.25, -0.2) is 0 Å². The molecular weight excluding hydrogens is 222 g/mol. The summed E-state index contributed by atoms with van der Waals surface area (Å²) in [6, 6.07) is 7.55. The zero-order valence-electron chi connectivity index (χ0n) is 8.57. The molecule has 2 aromatic rings. The molecule has 0 saturated carbocycles. The summed E-state index contributed by atoms with van der Waals surface area (Å²) in [5.41, 5.74) is 1.97. The molecule has 0 spiro atoms. The van der Waals surface area contributed by atoms with Crippen LogP contribution in [-0.4, -0.2) is 16.7 Å². The van der Waals surface area contributed by atoms with Crippen LogP contribution in [0.1, 0.15) is 5.56 Å². The zero-order valence-corrected chi connectivity index (χ0v) is 9.33. The van der Waals surface area contributed by atoms with Crippen molar-refractivity contribution in [2.45, 2.75) is 6.42 Å². The van der Waals surface area contributed by atoms with Gasteiger partial charge in [0.25, 0.3) is 0 Å². The monoisotopic (exact) mass is 231 g/mol. The van der Waals surface area contributed by atoms with E-state index in [9.17, 15) is 0 Å². The Bertz CT molecular complexity index is 569. The van der Waals surface area contributed by atoms with Crippen molar-refractivity contribution in [2.75, 3.05) is 6.61 Å². The van der Waals surface area contributed by atoms with Crippen LogP contribution in [-0.2, 0) is 6.42 Å². The van der Waals surface area contributed by atoms with Crippen molar-refractivity contribution >= 4 is 22.5 Å². The molecule has 0 atom stereocenters. The van der Waals surface area contributed by atoms with Gasteiger partial charge in [0.1, 0.15) is 6.61 Å². The molecule has 2 rings (SSSR count). The van der Waals surface area contributed by atoms with Crippen molar-refractivity contribution < 1.29 is 5.11 Å². The van der Waals surface area contributed by atoms with Crippen LogP contribution in [0.2, 0.25) is 5.02 Å². The minimum atomic E-state index is -0.102. The number of rotatable bonds is 1. The molecule has 0 radical (unpaired) electrons. The molecular formula is C13H10ClNO. The molecule has 0 fully saturated rings. The van der Waals surface area contributed by atoms with Crippen LogP contribution in [0.15, 0.2) is 30.5 Å². The minimum absolute atomic E-state index is 0.102. The Morgan fingerprint density at radius 2 is 2.12 bits per heavy atom. The van der Waals surface area contributed by atoms with Crippen LogP contribution in [0, 0.1) is 11.8 Å². The quantitative estimate of drug-likeness (QED) is 0.765. The SMILES string of the molecule is OCC#CCc1ccnc2cc(Cl)ccc12. The minimum Gasteiger partial charge on any atom is -0.384 e. The Morgan fingerprint density at radius 1 is 1.25 bits per heavy atom. The van der Waals surface area contributed by atoms with Crippen LogP contribution in [0.5, 0.6) is 0 Å². The summed E-state index contributed by atoms with van der Waals surface area (Å²) in [7, 11) is 0. The highest BCUT2D eigenvalue weighted by Gasteiger charge is 2.00. The predicted octanol–water partition coefficient (Wildman–Crippen LogP) is 2.43. The van der Waals surface area contributed by atoms with E-state index in [-0.39, 0.29) is 6.61 Å². The molecule has 2 nitrogen and oxygen atoms in total. The van der Waals surface area contributed by atoms with Gasteiger partial charge in [0.2, 0.25) is 0 Å². The summed E-state index contributed by atoms with van der Waals surface area (Å²) < 4.78 is 0. The van der Waals surface area contributed by atoms with Crippen molar-refractivity contribution in [3.8, 4) is 11.8 Å². The van der Waals surface area contributed by atoms with E-state index in [1.54, 1.807) is 6.20 Å². The highest BCUT2D eigenvalue weighted by molar-refractivity contribution is 6.31. The van der Waals surface area contributed by atoms with Crippen LogP contribution >= 0.6 is 11.6 Å². The maximum Gasteiger partial charge on any atom is 0.104 e. The summed E-state index contributed by atoms with van der Waals surface area (Å²) in [5, 5.41) is 10.3. The van der Waals surface area contributed by atoms with Crippen LogP contribution in [0.25, 0.3) is 10.9 Å². The van der Waals surface area contributed by atoms with Gasteiger partial charge in [-0.1, -0.05) is 29.5 Å². The van der Waals surface area contributed by atoms with Gasteiger partial charge in [-0.2, -0.15) is 0 Å². The fraction of sp³-hybridized carbons (Fsp3) is 0.154. The van der Waals surface area contributed by atoms with Gasteiger partial charge in [-0.05, 0) is 23.8 Å². The first-order valence-corrected chi connectivity index (χ1v) is 5.29. The van der Waals surface area contributed by atoms with Gasteiger partial charge in [0, 0.05) is 23.0 Å². The van der Waals surface area contributed by atoms with Crippen LogP contribution in [0.3, 0.4) is 0 Å². The molecule has 0 aliphatic rings. The first-order valence-electron chi connectivity index (χ1n) is 4.91. The van der Waals surface area contributed by atoms with E-state index in [2.05, 4.69) is 16.8 Å². The average molecular weight is 232 g/mol. The van der Waals surface area contributed by atoms with Crippen LogP contribution < -0.4 is 0 Å². The second-order valence-corrected chi connectivity index (χ2v) is 3.76. The summed E-state index contributed by atoms with van der Waals surface area (Å²) in [6.07, 6.45) is 2.36. The third-order valence-electron chi connectivity index (χ3n) is 2.28. The first kappa shape index (κ1) is 10.9. The van der Waals surface area contributed by atoms with E-state index in [0.29, 0.717) is 11.4 Å². The Kier molecular flexibility index (Phi) is 3.40. The van der Waals surface area contributed by atoms with E-state index >= 15 is 0 Å². The van der Waals surface area contributed by atoms with E-state index in [1.807, 2.05) is 24.3 Å². The van der Waals surface area contributed by atoms with Gasteiger partial charge in [-0.15, -0.1) is 0 Å². The molecule has 0 aliphatic heterocycles. The van der Waals surface area contributed by atoms with Gasteiger partial charge in [0.15, 0.2) is 0 Å². The Balaban J connectivity index is 2.45. The lowest BCUT2D eigenvalue weighted by Crippen LogP contribution is -1.87. The van der Waals surface area contributed by atoms with Crippen LogP contribution in [0.4, 0.5) is 0 Å². The highest BCUT2D eigenvalue weighted by atomic mass is 35.5. The molecule has 3 heteroatoms. The zero-order chi connectivity index (χ0) is 11.4. The molecule has 0 unspecified atom stereocenters. The molecule has 1 N–H and O–H groups in total. The van der Waals surface area contributed by atoms with E-state index in [0.717, 1.165) is 16.5 Å². The molecule has 0 aliphatic carbocycles. The van der Waals surface area contributed by atoms with Crippen molar-refractivity contribution in [3.05, 3.63) is 41.0 Å². The smallest absolute Gasteiger partial charge is 0.104 e. The predicted molar refractivity (Wildman–Crippen MR) is 65.3 cm³/mol. The third-order valence-corrected chi connectivity index (χ3v) is 2.51. The number of nitrogens with zero attached hydrogens (tertiary/aromatic N) is 1. The second kappa shape index (κ2) is 4.98. The van der Waals surface area contributed by atoms with Crippen molar-refractivity contribution in [1.82, 2.24) is 4.98 Å². The molecule has 1 aromatic heterocycles. The largest absolute Gasteiger partial charge is 0.384 e. The van der Waals surface area contributed by atoms with Gasteiger partial charge >= 0.3 is 0 Å². The number of aliphatic hydroxyl groups excluding tert-OH is 1. The topological polar surface area (TPSA) is 33.1 Å². The van der Waals surface area contributed by atoms with E-state index < -0.39 is 0 Å². The normalized spacial score (nSPS) is 9.88. The maximum atomic E-state index is 8.59. The lowest BCUT2D eigenvalue weighted by molar-refractivity contribution is 0.350. The molecule has 0 amide bonds. The maximum absolute atomic E-state index is 8.59. The fourth-order valence-corrected chi connectivity index (χ4v) is 1.71. The lowest BCUT2D eigenvalue weighted by atomic mass is 10.1. The van der Waals surface area contributed by atoms with Gasteiger partial charge in [-0.3, -0.25) is 4.98 Å². The van der Waals surface area contributed by atoms with Gasteiger partial charge < -0.3 is 5.11 Å². The van der Waals surface area contributed by atoms with Crippen molar-refractivity contribution in [3.63, 3.8) is 0 Å². The molecule has 0 saturated heterocycles. The average Bonchev–Trinajstić information content (AvgIpc) is 2.29. The standard InChI is InChI=1S/C13H10ClNO/c14-11-4-5-12-10(3-1-2-8-16)6-7-15-13(12)9-11/h4-7,9,16H,3,8H2. The Morgan fingerprint density at radius 3 is 2.94 bits per heavy atom. The number of fused-ring (bicyclic) bond motifs is 1. The number of halogens is 1. The van der Waals surface area contributed by atoms with E-state index in [4.69, 9.17) is 16.7 Å². The molecule has 0 bridgehead atoms. The van der Waals surface area contributed by atoms with Crippen molar-refractivity contribution in [1.29, 1.82) is 0 Å². The Labute approximate surface area is 98.9 Å². The van der Waals surface area contributed by atoms with Gasteiger partial charge in [0.05, 0.1) is 5.52 Å². The lowest BCUT2D eigenvalue weighted by Gasteiger charge is -2.02. The number of aliphatic hydroxyl groups is 1. The van der Waals surface area contributed by atoms with E-state index in [1.165, 1.54) is 0 Å². The second-order valence-electron chi connectivity index (χ2n) is 3.32. The molecule has 80 valence electrons. The molecule has 1 heterocycles. The molecule has 16 heavy (non-hydrogen) atoms. The molecule has 1 aromatic carbocycles. The highest BCUT2D eigenvalue weighted by Crippen LogP contribution is 2.20. The Hall–Kier alpha value is -1.56. The number of aromatic nitrogens is 1. The summed E-state index contributed by atoms with van der Waals surface area (Å²) in [6.45, 7) is -0.102. The summed E-state index contributed by atoms with van der Waals surface area (Å²) in [5.74, 6) is 5.53.